The van der Waals surface area contributed by atoms with Gasteiger partial charge in [0.2, 0.25) is 5.91 Å². The summed E-state index contributed by atoms with van der Waals surface area (Å²) in [6, 6.07) is 0. The molecule has 13 atom stereocenters. The second-order valence-electron chi connectivity index (χ2n) is 14.8. The highest BCUT2D eigenvalue weighted by Gasteiger charge is 2.67. The Morgan fingerprint density at radius 1 is 1.02 bits per heavy atom. The number of aliphatic hydroxyl groups is 3. The van der Waals surface area contributed by atoms with Crippen molar-refractivity contribution in [2.24, 2.45) is 52.3 Å². The second kappa shape index (κ2) is 11.1. The maximum absolute atomic E-state index is 13.1. The summed E-state index contributed by atoms with van der Waals surface area (Å²) in [5.74, 6) is 1.49. The van der Waals surface area contributed by atoms with Crippen molar-refractivity contribution in [2.45, 2.75) is 122 Å². The minimum atomic E-state index is -4.15. The van der Waals surface area contributed by atoms with Gasteiger partial charge in [-0.05, 0) is 110 Å². The zero-order valence-corrected chi connectivity index (χ0v) is 25.7. The quantitative estimate of drug-likeness (QED) is 0.349. The van der Waals surface area contributed by atoms with Gasteiger partial charge in [0, 0.05) is 19.5 Å². The van der Waals surface area contributed by atoms with Gasteiger partial charge in [-0.1, -0.05) is 34.1 Å². The van der Waals surface area contributed by atoms with E-state index >= 15 is 0 Å². The predicted molar refractivity (Wildman–Crippen MR) is 153 cm³/mol. The van der Waals surface area contributed by atoms with Crippen LogP contribution in [0.1, 0.15) is 98.3 Å². The van der Waals surface area contributed by atoms with Crippen LogP contribution in [0.5, 0.6) is 0 Å². The molecule has 4 N–H and O–H groups in total. The molecule has 4 aliphatic carbocycles. The number of carbonyl (C=O) groups excluding carboxylic acids is 1. The Labute approximate surface area is 241 Å². The van der Waals surface area contributed by atoms with E-state index in [-0.39, 0.29) is 70.8 Å². The second-order valence-corrected chi connectivity index (χ2v) is 16.5. The highest BCUT2D eigenvalue weighted by atomic mass is 32.2. The average Bonchev–Trinajstić information content (AvgIpc) is 3.27. The van der Waals surface area contributed by atoms with Crippen LogP contribution in [0.4, 0.5) is 0 Å². The first-order valence-electron chi connectivity index (χ1n) is 16.0. The van der Waals surface area contributed by atoms with E-state index in [1.165, 1.54) is 0 Å². The Morgan fingerprint density at radius 2 is 1.75 bits per heavy atom. The Hall–Kier alpha value is -0.740. The number of nitrogens with zero attached hydrogens (tertiary/aromatic N) is 1. The SMILES string of the molecule is CCC1C(O)C2C(CC(O)C3(C)C(C(C)CCC(=O)N4CCCC(S(=O)(=O)O)C4)CCC23)C2(C)CCC(O)CC12. The molecule has 4 saturated carbocycles. The topological polar surface area (TPSA) is 135 Å². The lowest BCUT2D eigenvalue weighted by Crippen LogP contribution is -2.65. The van der Waals surface area contributed by atoms with Gasteiger partial charge >= 0.3 is 0 Å². The van der Waals surface area contributed by atoms with Crippen molar-refractivity contribution >= 4 is 16.0 Å². The smallest absolute Gasteiger partial charge is 0.269 e. The summed E-state index contributed by atoms with van der Waals surface area (Å²) >= 11 is 0. The maximum Gasteiger partial charge on any atom is 0.269 e. The number of hydrogen-bond acceptors (Lipinski definition) is 6. The zero-order chi connectivity index (χ0) is 29.2. The molecule has 0 bridgehead atoms. The van der Waals surface area contributed by atoms with E-state index in [0.29, 0.717) is 38.6 Å². The van der Waals surface area contributed by atoms with Crippen LogP contribution in [0.3, 0.4) is 0 Å². The van der Waals surface area contributed by atoms with Crippen LogP contribution in [-0.2, 0) is 14.9 Å². The van der Waals surface area contributed by atoms with Gasteiger partial charge < -0.3 is 20.2 Å². The van der Waals surface area contributed by atoms with Crippen LogP contribution in [0.2, 0.25) is 0 Å². The summed E-state index contributed by atoms with van der Waals surface area (Å²) < 4.78 is 32.7. The van der Waals surface area contributed by atoms with Crippen molar-refractivity contribution in [2.75, 3.05) is 13.1 Å². The van der Waals surface area contributed by atoms with Crippen LogP contribution in [0, 0.1) is 52.3 Å². The lowest BCUT2D eigenvalue weighted by atomic mass is 9.41. The molecular weight excluding hydrogens is 530 g/mol. The Morgan fingerprint density at radius 3 is 2.42 bits per heavy atom. The van der Waals surface area contributed by atoms with Gasteiger partial charge in [0.15, 0.2) is 0 Å². The Balaban J connectivity index is 1.30. The van der Waals surface area contributed by atoms with E-state index in [1.807, 2.05) is 0 Å². The van der Waals surface area contributed by atoms with Gasteiger partial charge in [0.1, 0.15) is 5.25 Å². The first-order chi connectivity index (χ1) is 18.7. The molecular formula is C31H53NO7S. The van der Waals surface area contributed by atoms with Gasteiger partial charge in [-0.2, -0.15) is 8.42 Å². The van der Waals surface area contributed by atoms with Crippen LogP contribution in [0.25, 0.3) is 0 Å². The van der Waals surface area contributed by atoms with Gasteiger partial charge in [0.25, 0.3) is 10.1 Å². The molecule has 13 unspecified atom stereocenters. The number of hydrogen-bond donors (Lipinski definition) is 4. The lowest BCUT2D eigenvalue weighted by molar-refractivity contribution is -0.228. The third-order valence-corrected chi connectivity index (χ3v) is 14.4. The van der Waals surface area contributed by atoms with Crippen LogP contribution in [-0.4, -0.2) is 75.7 Å². The summed E-state index contributed by atoms with van der Waals surface area (Å²) in [7, 11) is -4.15. The largest absolute Gasteiger partial charge is 0.393 e. The molecule has 0 radical (unpaired) electrons. The molecule has 0 aromatic carbocycles. The zero-order valence-electron chi connectivity index (χ0n) is 24.9. The number of carbonyl (C=O) groups is 1. The third kappa shape index (κ3) is 4.97. The minimum Gasteiger partial charge on any atom is -0.393 e. The molecule has 0 spiro atoms. The van der Waals surface area contributed by atoms with E-state index in [0.717, 1.165) is 38.5 Å². The third-order valence-electron chi connectivity index (χ3n) is 13.2. The van der Waals surface area contributed by atoms with Crippen molar-refractivity contribution in [3.63, 3.8) is 0 Å². The standard InChI is InChI=1S/C31H53NO7S/c1-5-21-24-15-19(33)12-13-30(24,3)25-16-26(34)31(4)22(9-10-23(31)28(25)29(21)36)18(2)8-11-27(35)32-14-6-7-20(17-32)40(37,38)39/h18-26,28-29,33-34,36H,5-17H2,1-4H3,(H,37,38,39). The fraction of sp³-hybridized carbons (Fsp3) is 0.968. The molecule has 5 rings (SSSR count). The summed E-state index contributed by atoms with van der Waals surface area (Å²) in [6.07, 6.45) is 6.87. The molecule has 0 aromatic heterocycles. The number of piperidine rings is 1. The first kappa shape index (κ1) is 30.7. The predicted octanol–water partition coefficient (Wildman–Crippen LogP) is 3.88. The first-order valence-corrected chi connectivity index (χ1v) is 17.5. The van der Waals surface area contributed by atoms with Crippen LogP contribution >= 0.6 is 0 Å². The highest BCUT2D eigenvalue weighted by molar-refractivity contribution is 7.86. The van der Waals surface area contributed by atoms with Gasteiger partial charge in [-0.3, -0.25) is 9.35 Å². The van der Waals surface area contributed by atoms with Crippen molar-refractivity contribution in [1.29, 1.82) is 0 Å². The molecule has 5 aliphatic rings. The fourth-order valence-electron chi connectivity index (χ4n) is 11.0. The summed E-state index contributed by atoms with van der Waals surface area (Å²) in [5, 5.41) is 33.4. The molecule has 5 fully saturated rings. The molecule has 40 heavy (non-hydrogen) atoms. The molecule has 8 nitrogen and oxygen atoms in total. The van der Waals surface area contributed by atoms with Crippen molar-refractivity contribution in [1.82, 2.24) is 4.90 Å². The number of fused-ring (bicyclic) bond motifs is 5. The van der Waals surface area contributed by atoms with E-state index in [4.69, 9.17) is 0 Å². The normalized spacial score (nSPS) is 48.1. The number of rotatable bonds is 6. The maximum atomic E-state index is 13.1. The molecule has 0 aromatic rings. The van der Waals surface area contributed by atoms with Gasteiger partial charge in [-0.25, -0.2) is 0 Å². The van der Waals surface area contributed by atoms with Crippen molar-refractivity contribution < 1.29 is 33.1 Å². The summed E-state index contributed by atoms with van der Waals surface area (Å²) in [5.41, 5.74) is -0.294. The van der Waals surface area contributed by atoms with Crippen molar-refractivity contribution in [3.8, 4) is 0 Å². The molecule has 1 heterocycles. The van der Waals surface area contributed by atoms with Gasteiger partial charge in [-0.15, -0.1) is 0 Å². The van der Waals surface area contributed by atoms with Crippen LogP contribution in [0.15, 0.2) is 0 Å². The summed E-state index contributed by atoms with van der Waals surface area (Å²) in [4.78, 5) is 14.7. The molecule has 1 amide bonds. The molecule has 1 aliphatic heterocycles. The number of amides is 1. The molecule has 230 valence electrons. The number of aliphatic hydroxyl groups excluding tert-OH is 3. The highest BCUT2D eigenvalue weighted by Crippen LogP contribution is 2.69. The van der Waals surface area contributed by atoms with E-state index < -0.39 is 27.6 Å². The lowest BCUT2D eigenvalue weighted by Gasteiger charge is -2.65. The Bertz CT molecular complexity index is 1050. The van der Waals surface area contributed by atoms with E-state index in [1.54, 1.807) is 4.90 Å². The average molecular weight is 584 g/mol. The fourth-order valence-corrected chi connectivity index (χ4v) is 11.8. The van der Waals surface area contributed by atoms with Gasteiger partial charge in [0.05, 0.1) is 18.3 Å². The van der Waals surface area contributed by atoms with E-state index in [9.17, 15) is 33.1 Å². The monoisotopic (exact) mass is 583 g/mol. The summed E-state index contributed by atoms with van der Waals surface area (Å²) in [6.45, 7) is 9.56. The molecule has 9 heteroatoms. The van der Waals surface area contributed by atoms with Crippen LogP contribution < -0.4 is 0 Å². The molecule has 1 saturated heterocycles. The number of likely N-dealkylation sites (tertiary alicyclic amines) is 1. The minimum absolute atomic E-state index is 0.0244. The van der Waals surface area contributed by atoms with Crippen molar-refractivity contribution in [3.05, 3.63) is 0 Å². The van der Waals surface area contributed by atoms with E-state index in [2.05, 4.69) is 27.7 Å². The Kier molecular flexibility index (Phi) is 8.50.